The van der Waals surface area contributed by atoms with Crippen LogP contribution < -0.4 is 5.32 Å². The second-order valence-corrected chi connectivity index (χ2v) is 5.31. The lowest BCUT2D eigenvalue weighted by Gasteiger charge is -2.27. The van der Waals surface area contributed by atoms with Crippen molar-refractivity contribution in [2.24, 2.45) is 0 Å². The Morgan fingerprint density at radius 3 is 3.19 bits per heavy atom. The van der Waals surface area contributed by atoms with E-state index >= 15 is 0 Å². The molecule has 3 nitrogen and oxygen atoms in total. The van der Waals surface area contributed by atoms with Crippen LogP contribution in [0.1, 0.15) is 37.4 Å². The van der Waals surface area contributed by atoms with E-state index in [1.54, 1.807) is 11.3 Å². The summed E-state index contributed by atoms with van der Waals surface area (Å²) in [6, 6.07) is 0.593. The molecule has 1 aliphatic rings. The fourth-order valence-electron chi connectivity index (χ4n) is 2.02. The number of nitrogens with zero attached hydrogens (tertiary/aromatic N) is 1. The summed E-state index contributed by atoms with van der Waals surface area (Å²) >= 11 is 1.76. The number of hydrogen-bond donors (Lipinski definition) is 1. The number of nitrogens with one attached hydrogen (secondary N) is 1. The molecule has 1 saturated heterocycles. The molecule has 16 heavy (non-hydrogen) atoms. The van der Waals surface area contributed by atoms with Gasteiger partial charge in [0.25, 0.3) is 0 Å². The third kappa shape index (κ3) is 3.27. The highest BCUT2D eigenvalue weighted by Crippen LogP contribution is 2.15. The van der Waals surface area contributed by atoms with Crippen LogP contribution in [0.4, 0.5) is 0 Å². The van der Waals surface area contributed by atoms with Gasteiger partial charge in [0, 0.05) is 24.6 Å². The summed E-state index contributed by atoms with van der Waals surface area (Å²) in [6.07, 6.45) is 3.67. The third-order valence-corrected chi connectivity index (χ3v) is 4.00. The first-order chi connectivity index (χ1) is 7.78. The summed E-state index contributed by atoms with van der Waals surface area (Å²) < 4.78 is 5.53. The highest BCUT2D eigenvalue weighted by molar-refractivity contribution is 7.09. The van der Waals surface area contributed by atoms with Crippen LogP contribution in [0.25, 0.3) is 0 Å². The van der Waals surface area contributed by atoms with Gasteiger partial charge in [-0.05, 0) is 26.2 Å². The van der Waals surface area contributed by atoms with Gasteiger partial charge in [-0.2, -0.15) is 0 Å². The van der Waals surface area contributed by atoms with Gasteiger partial charge in [-0.15, -0.1) is 11.3 Å². The normalized spacial score (nSPS) is 25.9. The van der Waals surface area contributed by atoms with Crippen molar-refractivity contribution in [3.63, 3.8) is 0 Å². The Bertz CT molecular complexity index is 327. The van der Waals surface area contributed by atoms with E-state index in [0.717, 1.165) is 32.4 Å². The van der Waals surface area contributed by atoms with Gasteiger partial charge in [0.05, 0.1) is 16.8 Å². The molecule has 0 radical (unpaired) electrons. The van der Waals surface area contributed by atoms with E-state index < -0.39 is 0 Å². The topological polar surface area (TPSA) is 34.2 Å². The smallest absolute Gasteiger partial charge is 0.0926 e. The van der Waals surface area contributed by atoms with Gasteiger partial charge < -0.3 is 10.1 Å². The molecule has 2 heterocycles. The summed E-state index contributed by atoms with van der Waals surface area (Å²) in [4.78, 5) is 4.56. The lowest BCUT2D eigenvalue weighted by Crippen LogP contribution is -2.37. The summed E-state index contributed by atoms with van der Waals surface area (Å²) in [5, 5.41) is 6.96. The van der Waals surface area contributed by atoms with Gasteiger partial charge in [0.2, 0.25) is 0 Å². The SMILES string of the molecule is CCc1nc(CNC2CCOC(C)C2)cs1. The van der Waals surface area contributed by atoms with E-state index in [-0.39, 0.29) is 0 Å². The van der Waals surface area contributed by atoms with Crippen molar-refractivity contribution in [2.45, 2.75) is 51.8 Å². The van der Waals surface area contributed by atoms with Crippen molar-refractivity contribution in [3.8, 4) is 0 Å². The van der Waals surface area contributed by atoms with Gasteiger partial charge in [-0.3, -0.25) is 0 Å². The van der Waals surface area contributed by atoms with Crippen molar-refractivity contribution in [2.75, 3.05) is 6.61 Å². The average molecular weight is 240 g/mol. The van der Waals surface area contributed by atoms with Crippen molar-refractivity contribution < 1.29 is 4.74 Å². The Morgan fingerprint density at radius 2 is 2.50 bits per heavy atom. The van der Waals surface area contributed by atoms with Crippen molar-refractivity contribution >= 4 is 11.3 Å². The number of rotatable bonds is 4. The Morgan fingerprint density at radius 1 is 1.62 bits per heavy atom. The van der Waals surface area contributed by atoms with E-state index in [2.05, 4.69) is 29.5 Å². The van der Waals surface area contributed by atoms with E-state index in [1.165, 1.54) is 10.7 Å². The molecule has 0 aliphatic carbocycles. The minimum atomic E-state index is 0.396. The molecule has 2 unspecified atom stereocenters. The van der Waals surface area contributed by atoms with Crippen LogP contribution in [0.2, 0.25) is 0 Å². The Kier molecular flexibility index (Phi) is 4.32. The van der Waals surface area contributed by atoms with E-state index in [0.29, 0.717) is 12.1 Å². The molecular weight excluding hydrogens is 220 g/mol. The monoisotopic (exact) mass is 240 g/mol. The van der Waals surface area contributed by atoms with E-state index in [9.17, 15) is 0 Å². The largest absolute Gasteiger partial charge is 0.378 e. The molecule has 2 atom stereocenters. The molecule has 0 bridgehead atoms. The van der Waals surface area contributed by atoms with Crippen LogP contribution in [0.3, 0.4) is 0 Å². The molecule has 0 spiro atoms. The number of aryl methyl sites for hydroxylation is 1. The summed E-state index contributed by atoms with van der Waals surface area (Å²) in [5.74, 6) is 0. The van der Waals surface area contributed by atoms with Crippen LogP contribution >= 0.6 is 11.3 Å². The zero-order chi connectivity index (χ0) is 11.4. The zero-order valence-electron chi connectivity index (χ0n) is 10.0. The van der Waals surface area contributed by atoms with Crippen molar-refractivity contribution in [1.82, 2.24) is 10.3 Å². The van der Waals surface area contributed by atoms with Crippen LogP contribution in [-0.2, 0) is 17.7 Å². The van der Waals surface area contributed by atoms with Gasteiger partial charge >= 0.3 is 0 Å². The molecule has 0 amide bonds. The van der Waals surface area contributed by atoms with E-state index in [1.807, 2.05) is 0 Å². The Hall–Kier alpha value is -0.450. The molecule has 4 heteroatoms. The highest BCUT2D eigenvalue weighted by Gasteiger charge is 2.18. The number of ether oxygens (including phenoxy) is 1. The highest BCUT2D eigenvalue weighted by atomic mass is 32.1. The molecule has 1 fully saturated rings. The average Bonchev–Trinajstić information content (AvgIpc) is 2.74. The predicted octanol–water partition coefficient (Wildman–Crippen LogP) is 2.36. The van der Waals surface area contributed by atoms with Crippen LogP contribution in [-0.4, -0.2) is 23.7 Å². The van der Waals surface area contributed by atoms with Gasteiger partial charge in [0.15, 0.2) is 0 Å². The Labute approximate surface area is 101 Å². The van der Waals surface area contributed by atoms with Crippen molar-refractivity contribution in [1.29, 1.82) is 0 Å². The first-order valence-corrected chi connectivity index (χ1v) is 6.94. The maximum atomic E-state index is 5.53. The van der Waals surface area contributed by atoms with Gasteiger partial charge in [0.1, 0.15) is 0 Å². The van der Waals surface area contributed by atoms with Gasteiger partial charge in [-0.25, -0.2) is 4.98 Å². The maximum absolute atomic E-state index is 5.53. The van der Waals surface area contributed by atoms with Crippen LogP contribution in [0.5, 0.6) is 0 Å². The van der Waals surface area contributed by atoms with Crippen molar-refractivity contribution in [3.05, 3.63) is 16.1 Å². The molecule has 1 N–H and O–H groups in total. The molecular formula is C12H20N2OS. The standard InChI is InChI=1S/C12H20N2OS/c1-3-12-14-11(8-16-12)7-13-10-4-5-15-9(2)6-10/h8-10,13H,3-7H2,1-2H3. The minimum Gasteiger partial charge on any atom is -0.378 e. The molecule has 1 aromatic rings. The summed E-state index contributed by atoms with van der Waals surface area (Å²) in [5.41, 5.74) is 1.18. The lowest BCUT2D eigenvalue weighted by atomic mass is 10.0. The maximum Gasteiger partial charge on any atom is 0.0926 e. The quantitative estimate of drug-likeness (QED) is 0.877. The number of aromatic nitrogens is 1. The zero-order valence-corrected chi connectivity index (χ0v) is 10.8. The molecule has 90 valence electrons. The molecule has 2 rings (SSSR count). The molecule has 0 aromatic carbocycles. The fourth-order valence-corrected chi connectivity index (χ4v) is 2.77. The second kappa shape index (κ2) is 5.75. The van der Waals surface area contributed by atoms with Crippen LogP contribution in [0.15, 0.2) is 5.38 Å². The summed E-state index contributed by atoms with van der Waals surface area (Å²) in [7, 11) is 0. The third-order valence-electron chi connectivity index (χ3n) is 2.96. The predicted molar refractivity (Wildman–Crippen MR) is 66.8 cm³/mol. The first kappa shape index (κ1) is 12.0. The molecule has 1 aromatic heterocycles. The first-order valence-electron chi connectivity index (χ1n) is 6.06. The molecule has 0 saturated carbocycles. The fraction of sp³-hybridized carbons (Fsp3) is 0.750. The van der Waals surface area contributed by atoms with Gasteiger partial charge in [-0.1, -0.05) is 6.92 Å². The summed E-state index contributed by atoms with van der Waals surface area (Å²) in [6.45, 7) is 6.08. The number of hydrogen-bond acceptors (Lipinski definition) is 4. The second-order valence-electron chi connectivity index (χ2n) is 4.37. The Balaban J connectivity index is 1.78. The molecule has 1 aliphatic heterocycles. The lowest BCUT2D eigenvalue weighted by molar-refractivity contribution is 0.0130. The minimum absolute atomic E-state index is 0.396. The van der Waals surface area contributed by atoms with E-state index in [4.69, 9.17) is 4.74 Å². The van der Waals surface area contributed by atoms with Crippen LogP contribution in [0, 0.1) is 0 Å². The number of thiazole rings is 1.